The summed E-state index contributed by atoms with van der Waals surface area (Å²) in [6.07, 6.45) is 2.77. The van der Waals surface area contributed by atoms with Crippen molar-refractivity contribution in [3.05, 3.63) is 35.9 Å². The summed E-state index contributed by atoms with van der Waals surface area (Å²) in [6, 6.07) is 10.8. The van der Waals surface area contributed by atoms with E-state index >= 15 is 0 Å². The Bertz CT molecular complexity index is 372. The van der Waals surface area contributed by atoms with Gasteiger partial charge in [0.25, 0.3) is 0 Å². The van der Waals surface area contributed by atoms with Crippen molar-refractivity contribution in [1.82, 2.24) is 4.90 Å². The van der Waals surface area contributed by atoms with E-state index in [1.807, 2.05) is 0 Å². The van der Waals surface area contributed by atoms with Gasteiger partial charge >= 0.3 is 0 Å². The predicted molar refractivity (Wildman–Crippen MR) is 85.0 cm³/mol. The number of fused-ring (bicyclic) bond motifs is 1. The first kappa shape index (κ1) is 16.8. The fourth-order valence-corrected chi connectivity index (χ4v) is 3.73. The van der Waals surface area contributed by atoms with Gasteiger partial charge in [-0.05, 0) is 42.7 Å². The van der Waals surface area contributed by atoms with Crippen molar-refractivity contribution in [2.24, 2.45) is 23.5 Å². The van der Waals surface area contributed by atoms with Gasteiger partial charge in [0.1, 0.15) is 0 Å². The Labute approximate surface area is 128 Å². The van der Waals surface area contributed by atoms with Crippen molar-refractivity contribution in [2.75, 3.05) is 19.6 Å². The quantitative estimate of drug-likeness (QED) is 0.930. The molecule has 2 N–H and O–H groups in total. The molecule has 1 saturated carbocycles. The van der Waals surface area contributed by atoms with E-state index in [0.29, 0.717) is 0 Å². The van der Waals surface area contributed by atoms with Crippen molar-refractivity contribution in [3.8, 4) is 0 Å². The van der Waals surface area contributed by atoms with Crippen LogP contribution in [0.1, 0.15) is 18.4 Å². The Morgan fingerprint density at radius 3 is 2.47 bits per heavy atom. The monoisotopic (exact) mass is 302 g/mol. The lowest BCUT2D eigenvalue weighted by Crippen LogP contribution is -2.25. The number of nitrogens with two attached hydrogens (primary N) is 1. The molecule has 0 radical (unpaired) electrons. The Hall–Kier alpha value is -0.280. The van der Waals surface area contributed by atoms with E-state index in [2.05, 4.69) is 35.2 Å². The van der Waals surface area contributed by atoms with Crippen LogP contribution in [0.25, 0.3) is 0 Å². The van der Waals surface area contributed by atoms with Crippen molar-refractivity contribution >= 4 is 24.8 Å². The van der Waals surface area contributed by atoms with Gasteiger partial charge in [0.15, 0.2) is 0 Å². The molecule has 108 valence electrons. The summed E-state index contributed by atoms with van der Waals surface area (Å²) >= 11 is 0. The Balaban J connectivity index is 0.000000902. The van der Waals surface area contributed by atoms with Gasteiger partial charge in [-0.15, -0.1) is 24.8 Å². The van der Waals surface area contributed by atoms with Crippen LogP contribution in [0.4, 0.5) is 0 Å². The third-order valence-corrected chi connectivity index (χ3v) is 4.63. The molecule has 1 aromatic rings. The summed E-state index contributed by atoms with van der Waals surface area (Å²) in [6.45, 7) is 4.56. The van der Waals surface area contributed by atoms with E-state index in [4.69, 9.17) is 5.73 Å². The largest absolute Gasteiger partial charge is 0.330 e. The van der Waals surface area contributed by atoms with E-state index in [0.717, 1.165) is 30.8 Å². The summed E-state index contributed by atoms with van der Waals surface area (Å²) in [5, 5.41) is 0. The van der Waals surface area contributed by atoms with E-state index in [9.17, 15) is 0 Å². The minimum absolute atomic E-state index is 0. The van der Waals surface area contributed by atoms with Crippen LogP contribution >= 0.6 is 24.8 Å². The lowest BCUT2D eigenvalue weighted by Gasteiger charge is -2.19. The second-order valence-corrected chi connectivity index (χ2v) is 5.68. The average molecular weight is 303 g/mol. The zero-order valence-electron chi connectivity index (χ0n) is 11.2. The highest BCUT2D eigenvalue weighted by Gasteiger charge is 2.41. The van der Waals surface area contributed by atoms with Gasteiger partial charge in [-0.1, -0.05) is 30.3 Å². The van der Waals surface area contributed by atoms with Crippen molar-refractivity contribution in [2.45, 2.75) is 19.4 Å². The number of hydrogen-bond acceptors (Lipinski definition) is 2. The van der Waals surface area contributed by atoms with E-state index in [-0.39, 0.29) is 24.8 Å². The molecule has 1 aromatic carbocycles. The summed E-state index contributed by atoms with van der Waals surface area (Å²) < 4.78 is 0. The number of benzene rings is 1. The van der Waals surface area contributed by atoms with Gasteiger partial charge < -0.3 is 5.73 Å². The lowest BCUT2D eigenvalue weighted by atomic mass is 9.93. The van der Waals surface area contributed by atoms with Crippen LogP contribution < -0.4 is 5.73 Å². The average Bonchev–Trinajstić information content (AvgIpc) is 2.89. The van der Waals surface area contributed by atoms with Crippen LogP contribution in [0, 0.1) is 17.8 Å². The zero-order chi connectivity index (χ0) is 11.7. The molecule has 0 bridgehead atoms. The predicted octanol–water partition coefficient (Wildman–Crippen LogP) is 2.95. The molecule has 1 aliphatic carbocycles. The smallest absolute Gasteiger partial charge is 0.0233 e. The first-order chi connectivity index (χ1) is 8.36. The number of likely N-dealkylation sites (tertiary alicyclic amines) is 1. The number of rotatable bonds is 3. The summed E-state index contributed by atoms with van der Waals surface area (Å²) in [4.78, 5) is 2.62. The van der Waals surface area contributed by atoms with Gasteiger partial charge in [-0.2, -0.15) is 0 Å². The third kappa shape index (κ3) is 3.63. The van der Waals surface area contributed by atoms with Gasteiger partial charge in [-0.3, -0.25) is 4.90 Å². The number of hydrogen-bond donors (Lipinski definition) is 1. The lowest BCUT2D eigenvalue weighted by molar-refractivity contribution is 0.284. The van der Waals surface area contributed by atoms with Crippen molar-refractivity contribution < 1.29 is 0 Å². The van der Waals surface area contributed by atoms with E-state index < -0.39 is 0 Å². The second-order valence-electron chi connectivity index (χ2n) is 5.68. The molecular formula is C15H24Cl2N2. The van der Waals surface area contributed by atoms with Crippen molar-refractivity contribution in [3.63, 3.8) is 0 Å². The molecule has 2 nitrogen and oxygen atoms in total. The van der Waals surface area contributed by atoms with Gasteiger partial charge in [0.2, 0.25) is 0 Å². The minimum Gasteiger partial charge on any atom is -0.330 e. The Morgan fingerprint density at radius 2 is 1.79 bits per heavy atom. The SMILES string of the molecule is Cl.Cl.NCC1CCC2CN(Cc3ccccc3)CC12. The second kappa shape index (κ2) is 7.49. The summed E-state index contributed by atoms with van der Waals surface area (Å²) in [7, 11) is 0. The molecule has 0 amide bonds. The van der Waals surface area contributed by atoms with Crippen molar-refractivity contribution in [1.29, 1.82) is 0 Å². The highest BCUT2D eigenvalue weighted by Crippen LogP contribution is 2.41. The third-order valence-electron chi connectivity index (χ3n) is 4.63. The zero-order valence-corrected chi connectivity index (χ0v) is 12.8. The molecular weight excluding hydrogens is 279 g/mol. The first-order valence-corrected chi connectivity index (χ1v) is 6.83. The van der Waals surface area contributed by atoms with Crippen LogP contribution in [-0.4, -0.2) is 24.5 Å². The fraction of sp³-hybridized carbons (Fsp3) is 0.600. The highest BCUT2D eigenvalue weighted by molar-refractivity contribution is 5.85. The van der Waals surface area contributed by atoms with Gasteiger partial charge in [0, 0.05) is 19.6 Å². The number of nitrogens with zero attached hydrogens (tertiary/aromatic N) is 1. The normalized spacial score (nSPS) is 29.4. The Morgan fingerprint density at radius 1 is 1.05 bits per heavy atom. The standard InChI is InChI=1S/C15H22N2.2ClH/c16-8-13-6-7-14-10-17(11-15(13)14)9-12-4-2-1-3-5-12;;/h1-5,13-15H,6-11,16H2;2*1H. The molecule has 1 aliphatic heterocycles. The minimum atomic E-state index is 0. The van der Waals surface area contributed by atoms with Gasteiger partial charge in [-0.25, -0.2) is 0 Å². The van der Waals surface area contributed by atoms with Crippen LogP contribution in [0.2, 0.25) is 0 Å². The maximum Gasteiger partial charge on any atom is 0.0233 e. The summed E-state index contributed by atoms with van der Waals surface area (Å²) in [5.74, 6) is 2.59. The molecule has 3 unspecified atom stereocenters. The number of halogens is 2. The summed E-state index contributed by atoms with van der Waals surface area (Å²) in [5.41, 5.74) is 7.31. The molecule has 3 rings (SSSR count). The Kier molecular flexibility index (Phi) is 6.61. The molecule has 4 heteroatoms. The van der Waals surface area contributed by atoms with Crippen LogP contribution in [-0.2, 0) is 6.54 Å². The van der Waals surface area contributed by atoms with E-state index in [1.165, 1.54) is 31.5 Å². The molecule has 3 atom stereocenters. The fourth-order valence-electron chi connectivity index (χ4n) is 3.73. The van der Waals surface area contributed by atoms with Crippen LogP contribution in [0.15, 0.2) is 30.3 Å². The van der Waals surface area contributed by atoms with Crippen LogP contribution in [0.5, 0.6) is 0 Å². The molecule has 1 saturated heterocycles. The van der Waals surface area contributed by atoms with Gasteiger partial charge in [0.05, 0.1) is 0 Å². The topological polar surface area (TPSA) is 29.3 Å². The maximum atomic E-state index is 5.87. The first-order valence-electron chi connectivity index (χ1n) is 6.83. The molecule has 2 aliphatic rings. The highest BCUT2D eigenvalue weighted by atomic mass is 35.5. The van der Waals surface area contributed by atoms with Crippen LogP contribution in [0.3, 0.4) is 0 Å². The maximum absolute atomic E-state index is 5.87. The molecule has 0 aromatic heterocycles. The van der Waals surface area contributed by atoms with E-state index in [1.54, 1.807) is 0 Å². The molecule has 0 spiro atoms. The molecule has 19 heavy (non-hydrogen) atoms. The molecule has 1 heterocycles. The molecule has 2 fully saturated rings.